The van der Waals surface area contributed by atoms with Gasteiger partial charge in [0.25, 0.3) is 0 Å². The van der Waals surface area contributed by atoms with Gasteiger partial charge >= 0.3 is 0 Å². The summed E-state index contributed by atoms with van der Waals surface area (Å²) in [6.45, 7) is 4.24. The molecule has 3 heteroatoms. The van der Waals surface area contributed by atoms with Gasteiger partial charge in [-0.1, -0.05) is 42.3 Å². The molecular weight excluding hydrogens is 257 g/mol. The average Bonchev–Trinajstić information content (AvgIpc) is 2.22. The SMILES string of the molecule is CCC(C)C(NC)c1c(F)cccc1Br. The van der Waals surface area contributed by atoms with Crippen molar-refractivity contribution in [2.45, 2.75) is 26.3 Å². The number of nitrogens with one attached hydrogen (secondary N) is 1. The fraction of sp³-hybridized carbons (Fsp3) is 0.500. The fourth-order valence-corrected chi connectivity index (χ4v) is 2.35. The van der Waals surface area contributed by atoms with Crippen molar-refractivity contribution < 1.29 is 4.39 Å². The Labute approximate surface area is 99.2 Å². The summed E-state index contributed by atoms with van der Waals surface area (Å²) >= 11 is 3.41. The van der Waals surface area contributed by atoms with Gasteiger partial charge in [0.05, 0.1) is 0 Å². The van der Waals surface area contributed by atoms with Gasteiger partial charge in [0, 0.05) is 16.1 Å². The van der Waals surface area contributed by atoms with Crippen LogP contribution in [0, 0.1) is 11.7 Å². The molecule has 0 radical (unpaired) electrons. The van der Waals surface area contributed by atoms with Gasteiger partial charge in [-0.05, 0) is 25.1 Å². The fourth-order valence-electron chi connectivity index (χ4n) is 1.76. The van der Waals surface area contributed by atoms with Crippen LogP contribution in [0.1, 0.15) is 31.9 Å². The van der Waals surface area contributed by atoms with E-state index in [1.165, 1.54) is 6.07 Å². The van der Waals surface area contributed by atoms with Crippen LogP contribution >= 0.6 is 15.9 Å². The van der Waals surface area contributed by atoms with E-state index in [4.69, 9.17) is 0 Å². The first-order valence-corrected chi connectivity index (χ1v) is 6.02. The zero-order chi connectivity index (χ0) is 11.4. The summed E-state index contributed by atoms with van der Waals surface area (Å²) in [4.78, 5) is 0. The van der Waals surface area contributed by atoms with E-state index in [1.54, 1.807) is 6.07 Å². The maximum absolute atomic E-state index is 13.7. The lowest BCUT2D eigenvalue weighted by atomic mass is 9.92. The number of halogens is 2. The van der Waals surface area contributed by atoms with Crippen LogP contribution in [-0.4, -0.2) is 7.05 Å². The Hall–Kier alpha value is -0.410. The van der Waals surface area contributed by atoms with Crippen molar-refractivity contribution in [3.8, 4) is 0 Å². The Kier molecular flexibility index (Phi) is 4.74. The van der Waals surface area contributed by atoms with Crippen molar-refractivity contribution in [1.29, 1.82) is 0 Å². The van der Waals surface area contributed by atoms with Gasteiger partial charge in [-0.2, -0.15) is 0 Å². The van der Waals surface area contributed by atoms with Crippen molar-refractivity contribution in [2.24, 2.45) is 5.92 Å². The molecule has 1 nitrogen and oxygen atoms in total. The molecule has 0 saturated heterocycles. The highest BCUT2D eigenvalue weighted by Crippen LogP contribution is 2.31. The molecule has 0 heterocycles. The zero-order valence-electron chi connectivity index (χ0n) is 9.35. The zero-order valence-corrected chi connectivity index (χ0v) is 10.9. The Morgan fingerprint density at radius 2 is 2.13 bits per heavy atom. The minimum absolute atomic E-state index is 0.0607. The van der Waals surface area contributed by atoms with Gasteiger partial charge in [0.15, 0.2) is 0 Å². The molecule has 2 atom stereocenters. The second kappa shape index (κ2) is 5.61. The minimum atomic E-state index is -0.149. The van der Waals surface area contributed by atoms with Crippen LogP contribution in [0.5, 0.6) is 0 Å². The number of hydrogen-bond donors (Lipinski definition) is 1. The second-order valence-corrected chi connectivity index (χ2v) is 4.64. The lowest BCUT2D eigenvalue weighted by Crippen LogP contribution is -2.24. The van der Waals surface area contributed by atoms with Crippen LogP contribution in [0.4, 0.5) is 4.39 Å². The molecule has 0 aliphatic heterocycles. The first-order chi connectivity index (χ1) is 7.11. The maximum Gasteiger partial charge on any atom is 0.129 e. The molecule has 1 aromatic carbocycles. The van der Waals surface area contributed by atoms with Crippen molar-refractivity contribution in [2.75, 3.05) is 7.05 Å². The van der Waals surface area contributed by atoms with Gasteiger partial charge in [0.2, 0.25) is 0 Å². The van der Waals surface area contributed by atoms with Gasteiger partial charge < -0.3 is 5.32 Å². The highest BCUT2D eigenvalue weighted by Gasteiger charge is 2.21. The quantitative estimate of drug-likeness (QED) is 0.878. The van der Waals surface area contributed by atoms with Crippen LogP contribution < -0.4 is 5.32 Å². The van der Waals surface area contributed by atoms with E-state index >= 15 is 0 Å². The highest BCUT2D eigenvalue weighted by atomic mass is 79.9. The first kappa shape index (κ1) is 12.7. The van der Waals surface area contributed by atoms with Crippen LogP contribution in [0.3, 0.4) is 0 Å². The molecule has 0 fully saturated rings. The van der Waals surface area contributed by atoms with Crippen LogP contribution in [-0.2, 0) is 0 Å². The van der Waals surface area contributed by atoms with Crippen molar-refractivity contribution in [1.82, 2.24) is 5.32 Å². The van der Waals surface area contributed by atoms with E-state index in [9.17, 15) is 4.39 Å². The Morgan fingerprint density at radius 3 is 2.60 bits per heavy atom. The van der Waals surface area contributed by atoms with Gasteiger partial charge in [0.1, 0.15) is 5.82 Å². The second-order valence-electron chi connectivity index (χ2n) is 3.79. The Balaban J connectivity index is 3.11. The molecule has 15 heavy (non-hydrogen) atoms. The topological polar surface area (TPSA) is 12.0 Å². The number of hydrogen-bond acceptors (Lipinski definition) is 1. The van der Waals surface area contributed by atoms with E-state index in [2.05, 4.69) is 35.1 Å². The highest BCUT2D eigenvalue weighted by molar-refractivity contribution is 9.10. The Bertz CT molecular complexity index is 307. The average molecular weight is 274 g/mol. The van der Waals surface area contributed by atoms with Crippen LogP contribution in [0.2, 0.25) is 0 Å². The molecule has 0 aliphatic rings. The first-order valence-electron chi connectivity index (χ1n) is 5.23. The molecule has 0 saturated carbocycles. The molecule has 0 amide bonds. The van der Waals surface area contributed by atoms with Crippen LogP contribution in [0.25, 0.3) is 0 Å². The van der Waals surface area contributed by atoms with Gasteiger partial charge in [-0.25, -0.2) is 4.39 Å². The predicted molar refractivity (Wildman–Crippen MR) is 65.4 cm³/mol. The van der Waals surface area contributed by atoms with Gasteiger partial charge in [-0.3, -0.25) is 0 Å². The predicted octanol–water partition coefficient (Wildman–Crippen LogP) is 3.89. The van der Waals surface area contributed by atoms with Crippen molar-refractivity contribution in [3.63, 3.8) is 0 Å². The van der Waals surface area contributed by atoms with E-state index in [0.29, 0.717) is 5.92 Å². The summed E-state index contributed by atoms with van der Waals surface area (Å²) < 4.78 is 14.5. The van der Waals surface area contributed by atoms with E-state index in [1.807, 2.05) is 13.1 Å². The molecule has 0 aliphatic carbocycles. The maximum atomic E-state index is 13.7. The summed E-state index contributed by atoms with van der Waals surface area (Å²) in [5.41, 5.74) is 0.731. The van der Waals surface area contributed by atoms with Gasteiger partial charge in [-0.15, -0.1) is 0 Å². The summed E-state index contributed by atoms with van der Waals surface area (Å²) in [7, 11) is 1.87. The Morgan fingerprint density at radius 1 is 1.47 bits per heavy atom. The number of benzene rings is 1. The monoisotopic (exact) mass is 273 g/mol. The molecule has 0 spiro atoms. The lowest BCUT2D eigenvalue weighted by molar-refractivity contribution is 0.386. The van der Waals surface area contributed by atoms with E-state index in [0.717, 1.165) is 16.5 Å². The molecule has 0 aromatic heterocycles. The number of rotatable bonds is 4. The smallest absolute Gasteiger partial charge is 0.129 e. The summed E-state index contributed by atoms with van der Waals surface area (Å²) in [6, 6.07) is 5.16. The third kappa shape index (κ3) is 2.79. The normalized spacial score (nSPS) is 15.0. The van der Waals surface area contributed by atoms with Crippen molar-refractivity contribution in [3.05, 3.63) is 34.1 Å². The third-order valence-electron chi connectivity index (χ3n) is 2.83. The van der Waals surface area contributed by atoms with E-state index < -0.39 is 0 Å². The largest absolute Gasteiger partial charge is 0.313 e. The summed E-state index contributed by atoms with van der Waals surface area (Å²) in [5, 5.41) is 3.18. The lowest BCUT2D eigenvalue weighted by Gasteiger charge is -2.24. The summed E-state index contributed by atoms with van der Waals surface area (Å²) in [5.74, 6) is 0.257. The third-order valence-corrected chi connectivity index (χ3v) is 3.53. The van der Waals surface area contributed by atoms with E-state index in [-0.39, 0.29) is 11.9 Å². The molecule has 0 bridgehead atoms. The standard InChI is InChI=1S/C12H17BrFN/c1-4-8(2)12(15-3)11-9(13)6-5-7-10(11)14/h5-8,12,15H,4H2,1-3H3. The molecular formula is C12H17BrFN. The molecule has 2 unspecified atom stereocenters. The molecule has 1 rings (SSSR count). The molecule has 1 aromatic rings. The molecule has 84 valence electrons. The van der Waals surface area contributed by atoms with Crippen molar-refractivity contribution >= 4 is 15.9 Å². The van der Waals surface area contributed by atoms with Crippen LogP contribution in [0.15, 0.2) is 22.7 Å². The summed E-state index contributed by atoms with van der Waals surface area (Å²) in [6.07, 6.45) is 1.02. The molecule has 1 N–H and O–H groups in total. The minimum Gasteiger partial charge on any atom is -0.313 e.